The largest absolute Gasteiger partial charge is 0.398 e. The average Bonchev–Trinajstić information content (AvgIpc) is 2.12. The summed E-state index contributed by atoms with van der Waals surface area (Å²) < 4.78 is 11.1. The van der Waals surface area contributed by atoms with Gasteiger partial charge in [0.2, 0.25) is 0 Å². The van der Waals surface area contributed by atoms with Crippen molar-refractivity contribution in [3.63, 3.8) is 0 Å². The van der Waals surface area contributed by atoms with Gasteiger partial charge in [0, 0.05) is 13.7 Å². The summed E-state index contributed by atoms with van der Waals surface area (Å²) in [6.45, 7) is 7.33. The molecule has 0 aromatic rings. The first kappa shape index (κ1) is 12.1. The van der Waals surface area contributed by atoms with Crippen molar-refractivity contribution in [1.82, 2.24) is 0 Å². The maximum Gasteiger partial charge on any atom is 0.334 e. The molecule has 0 fully saturated rings. The molecule has 0 bridgehead atoms. The third kappa shape index (κ3) is 4.90. The van der Waals surface area contributed by atoms with E-state index >= 15 is 0 Å². The van der Waals surface area contributed by atoms with Gasteiger partial charge in [0.25, 0.3) is 0 Å². The van der Waals surface area contributed by atoms with E-state index in [0.717, 1.165) is 12.7 Å². The summed E-state index contributed by atoms with van der Waals surface area (Å²) in [5.41, 5.74) is 0. The third-order valence-electron chi connectivity index (χ3n) is 2.23. The van der Waals surface area contributed by atoms with Crippen molar-refractivity contribution >= 4 is 8.56 Å². The molecule has 0 spiro atoms. The van der Waals surface area contributed by atoms with Gasteiger partial charge in [0.1, 0.15) is 0 Å². The highest BCUT2D eigenvalue weighted by molar-refractivity contribution is 6.65. The Morgan fingerprint density at radius 2 is 1.83 bits per heavy atom. The minimum Gasteiger partial charge on any atom is -0.398 e. The lowest BCUT2D eigenvalue weighted by molar-refractivity contribution is 0.201. The summed E-state index contributed by atoms with van der Waals surface area (Å²) in [6, 6.07) is 1.04. The second-order valence-corrected chi connectivity index (χ2v) is 6.92. The molecule has 0 amide bonds. The van der Waals surface area contributed by atoms with Crippen LogP contribution in [0.15, 0.2) is 0 Å². The summed E-state index contributed by atoms with van der Waals surface area (Å²) in [4.78, 5) is 0. The second kappa shape index (κ2) is 6.63. The molecular formula is C9H22O2Si. The first-order chi connectivity index (χ1) is 5.68. The average molecular weight is 190 g/mol. The van der Waals surface area contributed by atoms with Gasteiger partial charge in [-0.05, 0) is 19.0 Å². The van der Waals surface area contributed by atoms with E-state index < -0.39 is 8.56 Å². The number of unbranched alkanes of at least 4 members (excludes halogenated alkanes) is 2. The van der Waals surface area contributed by atoms with Crippen molar-refractivity contribution < 1.29 is 8.85 Å². The fraction of sp³-hybridized carbons (Fsp3) is 1.00. The first-order valence-corrected chi connectivity index (χ1v) is 7.40. The highest BCUT2D eigenvalue weighted by Gasteiger charge is 2.26. The van der Waals surface area contributed by atoms with E-state index in [9.17, 15) is 0 Å². The zero-order valence-electron chi connectivity index (χ0n) is 8.85. The van der Waals surface area contributed by atoms with E-state index in [1.165, 1.54) is 19.3 Å². The Morgan fingerprint density at radius 3 is 2.25 bits per heavy atom. The Kier molecular flexibility index (Phi) is 6.71. The molecule has 3 heteroatoms. The van der Waals surface area contributed by atoms with E-state index in [4.69, 9.17) is 8.85 Å². The Morgan fingerprint density at radius 1 is 1.17 bits per heavy atom. The molecule has 0 rings (SSSR count). The van der Waals surface area contributed by atoms with E-state index in [0.29, 0.717) is 0 Å². The Labute approximate surface area is 77.5 Å². The molecular weight excluding hydrogens is 168 g/mol. The van der Waals surface area contributed by atoms with Crippen molar-refractivity contribution in [1.29, 1.82) is 0 Å². The van der Waals surface area contributed by atoms with Crippen LogP contribution in [-0.2, 0) is 8.85 Å². The summed E-state index contributed by atoms with van der Waals surface area (Å²) in [5, 5.41) is 0. The summed E-state index contributed by atoms with van der Waals surface area (Å²) in [6.07, 6.45) is 3.68. The molecule has 0 aliphatic heterocycles. The van der Waals surface area contributed by atoms with Gasteiger partial charge < -0.3 is 8.85 Å². The van der Waals surface area contributed by atoms with Crippen LogP contribution in [0.1, 0.15) is 33.1 Å². The van der Waals surface area contributed by atoms with E-state index in [1.807, 2.05) is 0 Å². The lowest BCUT2D eigenvalue weighted by Gasteiger charge is -2.23. The molecule has 0 aliphatic rings. The zero-order valence-corrected chi connectivity index (χ0v) is 9.85. The number of rotatable bonds is 7. The molecule has 0 radical (unpaired) electrons. The van der Waals surface area contributed by atoms with Crippen LogP contribution in [0.4, 0.5) is 0 Å². The van der Waals surface area contributed by atoms with Gasteiger partial charge in [-0.1, -0.05) is 26.7 Å². The Balaban J connectivity index is 3.45. The fourth-order valence-corrected chi connectivity index (χ4v) is 2.13. The maximum absolute atomic E-state index is 5.75. The maximum atomic E-state index is 5.75. The van der Waals surface area contributed by atoms with Gasteiger partial charge in [0.05, 0.1) is 0 Å². The number of hydrogen-bond acceptors (Lipinski definition) is 2. The molecule has 0 saturated carbocycles. The van der Waals surface area contributed by atoms with Gasteiger partial charge in [-0.25, -0.2) is 0 Å². The Hall–Kier alpha value is 0.137. The SMILES string of the molecule is CCCCCO[Si](C)(CC)OC. The molecule has 0 aromatic heterocycles. The van der Waals surface area contributed by atoms with Crippen LogP contribution < -0.4 is 0 Å². The van der Waals surface area contributed by atoms with Crippen molar-refractivity contribution in [2.75, 3.05) is 13.7 Å². The van der Waals surface area contributed by atoms with Crippen LogP contribution in [0.2, 0.25) is 12.6 Å². The smallest absolute Gasteiger partial charge is 0.334 e. The molecule has 74 valence electrons. The quantitative estimate of drug-likeness (QED) is 0.454. The summed E-state index contributed by atoms with van der Waals surface area (Å²) in [7, 11) is 0.0121. The molecule has 0 aromatic carbocycles. The molecule has 0 N–H and O–H groups in total. The van der Waals surface area contributed by atoms with Crippen molar-refractivity contribution in [3.8, 4) is 0 Å². The molecule has 0 saturated heterocycles. The molecule has 12 heavy (non-hydrogen) atoms. The molecule has 0 heterocycles. The van der Waals surface area contributed by atoms with E-state index in [1.54, 1.807) is 7.11 Å². The van der Waals surface area contributed by atoms with Gasteiger partial charge in [0.15, 0.2) is 0 Å². The van der Waals surface area contributed by atoms with Crippen LogP contribution in [-0.4, -0.2) is 22.3 Å². The van der Waals surface area contributed by atoms with Gasteiger partial charge in [-0.2, -0.15) is 0 Å². The topological polar surface area (TPSA) is 18.5 Å². The fourth-order valence-electron chi connectivity index (χ4n) is 0.945. The second-order valence-electron chi connectivity index (χ2n) is 3.25. The molecule has 1 unspecified atom stereocenters. The Bertz CT molecular complexity index is 103. The van der Waals surface area contributed by atoms with Gasteiger partial charge >= 0.3 is 8.56 Å². The van der Waals surface area contributed by atoms with E-state index in [2.05, 4.69) is 20.4 Å². The summed E-state index contributed by atoms with van der Waals surface area (Å²) in [5.74, 6) is 0. The number of hydrogen-bond donors (Lipinski definition) is 0. The molecule has 1 atom stereocenters. The zero-order chi connectivity index (χ0) is 9.45. The predicted octanol–water partition coefficient (Wildman–Crippen LogP) is 2.93. The van der Waals surface area contributed by atoms with Crippen LogP contribution in [0.25, 0.3) is 0 Å². The van der Waals surface area contributed by atoms with Crippen LogP contribution in [0, 0.1) is 0 Å². The molecule has 2 nitrogen and oxygen atoms in total. The highest BCUT2D eigenvalue weighted by Crippen LogP contribution is 2.12. The highest BCUT2D eigenvalue weighted by atomic mass is 28.4. The lowest BCUT2D eigenvalue weighted by Crippen LogP contribution is -2.36. The lowest BCUT2D eigenvalue weighted by atomic mass is 10.3. The summed E-state index contributed by atoms with van der Waals surface area (Å²) >= 11 is 0. The normalized spacial score (nSPS) is 16.0. The van der Waals surface area contributed by atoms with Gasteiger partial charge in [-0.3, -0.25) is 0 Å². The van der Waals surface area contributed by atoms with Crippen molar-refractivity contribution in [2.45, 2.75) is 45.7 Å². The minimum absolute atomic E-state index is 0.873. The monoisotopic (exact) mass is 190 g/mol. The van der Waals surface area contributed by atoms with Crippen LogP contribution in [0.3, 0.4) is 0 Å². The molecule has 0 aliphatic carbocycles. The van der Waals surface area contributed by atoms with Crippen molar-refractivity contribution in [2.24, 2.45) is 0 Å². The standard InChI is InChI=1S/C9H22O2Si/c1-5-7-8-9-11-12(4,6-2)10-3/h5-9H2,1-4H3. The van der Waals surface area contributed by atoms with E-state index in [-0.39, 0.29) is 0 Å². The minimum atomic E-state index is -1.75. The third-order valence-corrected chi connectivity index (χ3v) is 5.19. The predicted molar refractivity (Wildman–Crippen MR) is 54.6 cm³/mol. The van der Waals surface area contributed by atoms with Crippen molar-refractivity contribution in [3.05, 3.63) is 0 Å². The first-order valence-electron chi connectivity index (χ1n) is 4.87. The van der Waals surface area contributed by atoms with Gasteiger partial charge in [-0.15, -0.1) is 0 Å². The van der Waals surface area contributed by atoms with Crippen LogP contribution in [0.5, 0.6) is 0 Å². The van der Waals surface area contributed by atoms with Crippen LogP contribution >= 0.6 is 0 Å².